The van der Waals surface area contributed by atoms with Crippen LogP contribution in [0.25, 0.3) is 0 Å². The standard InChI is InChI=1S/C19H24N6O2/c1-2-22-10-12-23(13-11-22)18-17(25(26)27)19(21-14-20-18)24-9-5-7-15-6-3-4-8-16(15)24/h3-4,6,8,14H,2,5,7,9-13H2,1H3. The van der Waals surface area contributed by atoms with E-state index < -0.39 is 0 Å². The van der Waals surface area contributed by atoms with Crippen LogP contribution in [0.15, 0.2) is 30.6 Å². The predicted molar refractivity (Wildman–Crippen MR) is 105 cm³/mol. The fourth-order valence-corrected chi connectivity index (χ4v) is 3.98. The van der Waals surface area contributed by atoms with Crippen molar-refractivity contribution >= 4 is 23.0 Å². The average Bonchev–Trinajstić information content (AvgIpc) is 2.72. The van der Waals surface area contributed by atoms with E-state index >= 15 is 0 Å². The van der Waals surface area contributed by atoms with Crippen molar-refractivity contribution in [2.45, 2.75) is 19.8 Å². The molecule has 0 atom stereocenters. The van der Waals surface area contributed by atoms with Crippen LogP contribution in [0, 0.1) is 10.1 Å². The Morgan fingerprint density at radius 2 is 1.81 bits per heavy atom. The molecular weight excluding hydrogens is 344 g/mol. The number of fused-ring (bicyclic) bond motifs is 1. The third-order valence-electron chi connectivity index (χ3n) is 5.45. The molecule has 142 valence electrons. The number of anilines is 3. The number of hydrogen-bond acceptors (Lipinski definition) is 7. The van der Waals surface area contributed by atoms with Gasteiger partial charge in [0.05, 0.1) is 4.92 Å². The molecule has 1 aromatic heterocycles. The summed E-state index contributed by atoms with van der Waals surface area (Å²) >= 11 is 0. The van der Waals surface area contributed by atoms with Gasteiger partial charge >= 0.3 is 5.69 Å². The second-order valence-corrected chi connectivity index (χ2v) is 6.93. The molecule has 1 fully saturated rings. The first kappa shape index (κ1) is 17.7. The van der Waals surface area contributed by atoms with E-state index in [-0.39, 0.29) is 10.6 Å². The Morgan fingerprint density at radius 1 is 1.07 bits per heavy atom. The minimum atomic E-state index is -0.325. The second-order valence-electron chi connectivity index (χ2n) is 6.93. The number of aryl methyl sites for hydroxylation is 1. The maximum absolute atomic E-state index is 12.0. The van der Waals surface area contributed by atoms with Crippen LogP contribution in [0.5, 0.6) is 0 Å². The third-order valence-corrected chi connectivity index (χ3v) is 5.45. The predicted octanol–water partition coefficient (Wildman–Crippen LogP) is 2.61. The minimum absolute atomic E-state index is 0.0131. The lowest BCUT2D eigenvalue weighted by Crippen LogP contribution is -2.46. The fraction of sp³-hybridized carbons (Fsp3) is 0.474. The number of para-hydroxylation sites is 1. The van der Waals surface area contributed by atoms with Crippen LogP contribution in [0.3, 0.4) is 0 Å². The van der Waals surface area contributed by atoms with Gasteiger partial charge in [0.2, 0.25) is 11.6 Å². The number of nitrogens with zero attached hydrogens (tertiary/aromatic N) is 6. The number of rotatable bonds is 4. The van der Waals surface area contributed by atoms with Crippen molar-refractivity contribution in [1.29, 1.82) is 0 Å². The average molecular weight is 368 g/mol. The largest absolute Gasteiger partial charge is 0.353 e. The summed E-state index contributed by atoms with van der Waals surface area (Å²) < 4.78 is 0. The summed E-state index contributed by atoms with van der Waals surface area (Å²) in [6.07, 6.45) is 3.39. The fourth-order valence-electron chi connectivity index (χ4n) is 3.98. The third kappa shape index (κ3) is 3.32. The van der Waals surface area contributed by atoms with Gasteiger partial charge in [0.1, 0.15) is 6.33 Å². The molecule has 0 bridgehead atoms. The lowest BCUT2D eigenvalue weighted by molar-refractivity contribution is -0.383. The molecule has 1 saturated heterocycles. The Kier molecular flexibility index (Phi) is 4.89. The van der Waals surface area contributed by atoms with E-state index in [4.69, 9.17) is 0 Å². The van der Waals surface area contributed by atoms with Crippen LogP contribution in [0.2, 0.25) is 0 Å². The SMILES string of the molecule is CCN1CCN(c2ncnc(N3CCCc4ccccc43)c2[N+](=O)[O-])CC1. The van der Waals surface area contributed by atoms with Crippen LogP contribution < -0.4 is 9.80 Å². The smallest absolute Gasteiger partial charge is 0.348 e. The molecule has 8 heteroatoms. The molecule has 0 radical (unpaired) electrons. The molecule has 2 aliphatic rings. The monoisotopic (exact) mass is 368 g/mol. The highest BCUT2D eigenvalue weighted by atomic mass is 16.6. The highest BCUT2D eigenvalue weighted by Crippen LogP contribution is 2.40. The summed E-state index contributed by atoms with van der Waals surface area (Å²) in [6.45, 7) is 7.10. The van der Waals surface area contributed by atoms with Crippen molar-refractivity contribution in [2.24, 2.45) is 0 Å². The summed E-state index contributed by atoms with van der Waals surface area (Å²) in [5.74, 6) is 0.832. The van der Waals surface area contributed by atoms with Crippen molar-refractivity contribution in [2.75, 3.05) is 49.1 Å². The lowest BCUT2D eigenvalue weighted by Gasteiger charge is -2.35. The molecule has 2 aliphatic heterocycles. The summed E-state index contributed by atoms with van der Waals surface area (Å²) in [5, 5.41) is 12.0. The Morgan fingerprint density at radius 3 is 2.56 bits per heavy atom. The van der Waals surface area contributed by atoms with Crippen LogP contribution in [-0.2, 0) is 6.42 Å². The van der Waals surface area contributed by atoms with Gasteiger partial charge in [-0.05, 0) is 31.0 Å². The van der Waals surface area contributed by atoms with Gasteiger partial charge in [-0.15, -0.1) is 0 Å². The van der Waals surface area contributed by atoms with Gasteiger partial charge in [-0.25, -0.2) is 9.97 Å². The Hall–Kier alpha value is -2.74. The van der Waals surface area contributed by atoms with E-state index in [0.717, 1.165) is 57.8 Å². The van der Waals surface area contributed by atoms with E-state index in [1.54, 1.807) is 0 Å². The maximum Gasteiger partial charge on any atom is 0.353 e. The molecule has 0 N–H and O–H groups in total. The number of likely N-dealkylation sites (N-methyl/N-ethyl adjacent to an activating group) is 1. The zero-order valence-electron chi connectivity index (χ0n) is 15.5. The molecule has 2 aromatic rings. The quantitative estimate of drug-likeness (QED) is 0.606. The van der Waals surface area contributed by atoms with Crippen molar-refractivity contribution in [3.05, 3.63) is 46.3 Å². The van der Waals surface area contributed by atoms with Crippen molar-refractivity contribution in [3.63, 3.8) is 0 Å². The first-order chi connectivity index (χ1) is 13.2. The molecule has 0 saturated carbocycles. The summed E-state index contributed by atoms with van der Waals surface area (Å²) in [4.78, 5) is 26.7. The molecule has 0 unspecified atom stereocenters. The Bertz CT molecular complexity index is 835. The topological polar surface area (TPSA) is 78.6 Å². The number of nitro groups is 1. The van der Waals surface area contributed by atoms with E-state index in [1.807, 2.05) is 28.0 Å². The van der Waals surface area contributed by atoms with E-state index in [0.29, 0.717) is 11.6 Å². The number of benzene rings is 1. The lowest BCUT2D eigenvalue weighted by atomic mass is 10.0. The first-order valence-electron chi connectivity index (χ1n) is 9.51. The highest BCUT2D eigenvalue weighted by molar-refractivity contribution is 5.77. The summed E-state index contributed by atoms with van der Waals surface area (Å²) in [6, 6.07) is 8.07. The summed E-state index contributed by atoms with van der Waals surface area (Å²) in [7, 11) is 0. The maximum atomic E-state index is 12.0. The van der Waals surface area contributed by atoms with Gasteiger partial charge in [-0.3, -0.25) is 10.1 Å². The zero-order valence-corrected chi connectivity index (χ0v) is 15.5. The molecule has 3 heterocycles. The van der Waals surface area contributed by atoms with Gasteiger partial charge in [0.15, 0.2) is 0 Å². The molecule has 4 rings (SSSR count). The minimum Gasteiger partial charge on any atom is -0.348 e. The van der Waals surface area contributed by atoms with Crippen LogP contribution >= 0.6 is 0 Å². The van der Waals surface area contributed by atoms with Crippen molar-refractivity contribution in [1.82, 2.24) is 14.9 Å². The van der Waals surface area contributed by atoms with Crippen LogP contribution in [0.4, 0.5) is 23.0 Å². The molecule has 8 nitrogen and oxygen atoms in total. The zero-order chi connectivity index (χ0) is 18.8. The van der Waals surface area contributed by atoms with Gasteiger partial charge in [0, 0.05) is 38.4 Å². The second kappa shape index (κ2) is 7.48. The summed E-state index contributed by atoms with van der Waals surface area (Å²) in [5.41, 5.74) is 2.22. The van der Waals surface area contributed by atoms with E-state index in [9.17, 15) is 10.1 Å². The van der Waals surface area contributed by atoms with Gasteiger partial charge in [-0.2, -0.15) is 0 Å². The Balaban J connectivity index is 1.74. The van der Waals surface area contributed by atoms with E-state index in [2.05, 4.69) is 27.9 Å². The van der Waals surface area contributed by atoms with Gasteiger partial charge in [0.25, 0.3) is 0 Å². The van der Waals surface area contributed by atoms with E-state index in [1.165, 1.54) is 11.9 Å². The van der Waals surface area contributed by atoms with Crippen molar-refractivity contribution < 1.29 is 4.92 Å². The van der Waals surface area contributed by atoms with Crippen LogP contribution in [-0.4, -0.2) is 59.1 Å². The van der Waals surface area contributed by atoms with Gasteiger partial charge in [-0.1, -0.05) is 25.1 Å². The Labute approximate surface area is 158 Å². The van der Waals surface area contributed by atoms with Crippen LogP contribution in [0.1, 0.15) is 18.9 Å². The number of aromatic nitrogens is 2. The van der Waals surface area contributed by atoms with Gasteiger partial charge < -0.3 is 14.7 Å². The highest BCUT2D eigenvalue weighted by Gasteiger charge is 2.33. The first-order valence-corrected chi connectivity index (χ1v) is 9.51. The molecule has 27 heavy (non-hydrogen) atoms. The number of piperazine rings is 1. The molecule has 1 aromatic carbocycles. The number of hydrogen-bond donors (Lipinski definition) is 0. The molecule has 0 spiro atoms. The molecule has 0 aliphatic carbocycles. The normalized spacial score (nSPS) is 17.7. The van der Waals surface area contributed by atoms with Crippen molar-refractivity contribution in [3.8, 4) is 0 Å². The molecular formula is C19H24N6O2. The molecule has 0 amide bonds.